The number of nitrogens with one attached hydrogen (secondary N) is 3. The van der Waals surface area contributed by atoms with Gasteiger partial charge in [-0.25, -0.2) is 0 Å². The van der Waals surface area contributed by atoms with Gasteiger partial charge in [0.25, 0.3) is 11.8 Å². The zero-order valence-corrected chi connectivity index (χ0v) is 26.8. The molecular formula is C36H37N3O5S. The number of thioether (sulfide) groups is 1. The molecule has 0 aliphatic rings. The molecule has 3 amide bonds. The summed E-state index contributed by atoms with van der Waals surface area (Å²) in [5.74, 6) is -0.00848. The van der Waals surface area contributed by atoms with Crippen LogP contribution in [-0.2, 0) is 9.59 Å². The van der Waals surface area contributed by atoms with E-state index in [1.165, 1.54) is 18.9 Å². The van der Waals surface area contributed by atoms with Crippen molar-refractivity contribution in [2.75, 3.05) is 24.9 Å². The number of hydrogen-bond donors (Lipinski definition) is 3. The minimum atomic E-state index is -0.536. The van der Waals surface area contributed by atoms with Gasteiger partial charge in [-0.05, 0) is 86.5 Å². The van der Waals surface area contributed by atoms with Gasteiger partial charge in [-0.15, -0.1) is 11.8 Å². The van der Waals surface area contributed by atoms with Gasteiger partial charge >= 0.3 is 0 Å². The Labute approximate surface area is 268 Å². The summed E-state index contributed by atoms with van der Waals surface area (Å²) < 4.78 is 10.8. The standard InChI is InChI=1S/C36H37N3O5S/c1-6-33(36(42)38-30-17-15-23(2)19-24(30)3)45-29-14-10-13-27(22-29)37-35(41)31(39-34(40)25-11-8-7-9-12-25)21-26-20-28(43-4)16-18-32(26)44-5/h7-22,33H,6H2,1-5H3,(H,37,41)(H,38,42)(H,39,40)/b31-21+. The Morgan fingerprint density at radius 1 is 0.844 bits per heavy atom. The second kappa shape index (κ2) is 15.6. The molecule has 0 aliphatic carbocycles. The maximum atomic E-state index is 13.7. The Morgan fingerprint density at radius 2 is 1.62 bits per heavy atom. The van der Waals surface area contributed by atoms with Crippen molar-refractivity contribution in [3.05, 3.63) is 119 Å². The van der Waals surface area contributed by atoms with Gasteiger partial charge in [-0.1, -0.05) is 48.9 Å². The number of rotatable bonds is 12. The van der Waals surface area contributed by atoms with Crippen LogP contribution in [0.2, 0.25) is 0 Å². The first-order valence-electron chi connectivity index (χ1n) is 14.5. The molecule has 0 spiro atoms. The molecule has 4 rings (SSSR count). The van der Waals surface area contributed by atoms with Crippen LogP contribution in [0.5, 0.6) is 11.5 Å². The monoisotopic (exact) mass is 623 g/mol. The summed E-state index contributed by atoms with van der Waals surface area (Å²) in [6, 6.07) is 27.0. The van der Waals surface area contributed by atoms with Gasteiger partial charge in [0.05, 0.1) is 19.5 Å². The van der Waals surface area contributed by atoms with Crippen molar-refractivity contribution in [1.82, 2.24) is 5.32 Å². The van der Waals surface area contributed by atoms with E-state index in [0.717, 1.165) is 21.7 Å². The molecule has 0 saturated carbocycles. The van der Waals surface area contributed by atoms with Gasteiger partial charge < -0.3 is 25.4 Å². The fraction of sp³-hybridized carbons (Fsp3) is 0.194. The quantitative estimate of drug-likeness (QED) is 0.114. The van der Waals surface area contributed by atoms with E-state index in [4.69, 9.17) is 9.47 Å². The predicted octanol–water partition coefficient (Wildman–Crippen LogP) is 7.24. The molecule has 1 atom stereocenters. The van der Waals surface area contributed by atoms with Gasteiger partial charge in [0.1, 0.15) is 17.2 Å². The van der Waals surface area contributed by atoms with Gasteiger partial charge in [-0.2, -0.15) is 0 Å². The first-order valence-corrected chi connectivity index (χ1v) is 15.3. The molecule has 3 N–H and O–H groups in total. The topological polar surface area (TPSA) is 106 Å². The number of methoxy groups -OCH3 is 2. The smallest absolute Gasteiger partial charge is 0.272 e. The highest BCUT2D eigenvalue weighted by atomic mass is 32.2. The zero-order chi connectivity index (χ0) is 32.3. The second-order valence-electron chi connectivity index (χ2n) is 10.3. The van der Waals surface area contributed by atoms with E-state index in [0.29, 0.717) is 34.7 Å². The van der Waals surface area contributed by atoms with E-state index in [2.05, 4.69) is 16.0 Å². The lowest BCUT2D eigenvalue weighted by Crippen LogP contribution is -2.30. The number of anilines is 2. The van der Waals surface area contributed by atoms with E-state index in [9.17, 15) is 14.4 Å². The first kappa shape index (κ1) is 32.9. The summed E-state index contributed by atoms with van der Waals surface area (Å²) in [4.78, 5) is 40.7. The molecule has 0 aromatic heterocycles. The third-order valence-corrected chi connectivity index (χ3v) is 8.30. The van der Waals surface area contributed by atoms with Crippen LogP contribution in [0.3, 0.4) is 0 Å². The van der Waals surface area contributed by atoms with Crippen molar-refractivity contribution in [3.63, 3.8) is 0 Å². The molecule has 9 heteroatoms. The van der Waals surface area contributed by atoms with Crippen molar-refractivity contribution in [2.24, 2.45) is 0 Å². The van der Waals surface area contributed by atoms with Crippen LogP contribution in [0.15, 0.2) is 102 Å². The second-order valence-corrected chi connectivity index (χ2v) is 11.6. The molecule has 8 nitrogen and oxygen atoms in total. The Hall–Kier alpha value is -5.02. The number of carbonyl (C=O) groups excluding carboxylic acids is 3. The van der Waals surface area contributed by atoms with Crippen molar-refractivity contribution in [2.45, 2.75) is 37.3 Å². The van der Waals surface area contributed by atoms with Crippen LogP contribution in [-0.4, -0.2) is 37.2 Å². The molecule has 4 aromatic rings. The Kier molecular flexibility index (Phi) is 11.4. The molecule has 1 unspecified atom stereocenters. The largest absolute Gasteiger partial charge is 0.497 e. The lowest BCUT2D eigenvalue weighted by molar-refractivity contribution is -0.116. The minimum Gasteiger partial charge on any atom is -0.497 e. The predicted molar refractivity (Wildman–Crippen MR) is 181 cm³/mol. The van der Waals surface area contributed by atoms with Crippen LogP contribution >= 0.6 is 11.8 Å². The summed E-state index contributed by atoms with van der Waals surface area (Å²) in [5, 5.41) is 8.34. The minimum absolute atomic E-state index is 0.00717. The highest BCUT2D eigenvalue weighted by molar-refractivity contribution is 8.00. The van der Waals surface area contributed by atoms with Crippen LogP contribution in [0.25, 0.3) is 6.08 Å². The van der Waals surface area contributed by atoms with E-state index in [1.807, 2.05) is 57.2 Å². The Bertz CT molecular complexity index is 1700. The Morgan fingerprint density at radius 3 is 2.31 bits per heavy atom. The van der Waals surface area contributed by atoms with Crippen molar-refractivity contribution >= 4 is 46.9 Å². The van der Waals surface area contributed by atoms with E-state index in [-0.39, 0.29) is 16.9 Å². The van der Waals surface area contributed by atoms with Gasteiger partial charge in [0.2, 0.25) is 5.91 Å². The van der Waals surface area contributed by atoms with Crippen LogP contribution < -0.4 is 25.4 Å². The third kappa shape index (κ3) is 9.00. The van der Waals surface area contributed by atoms with Crippen molar-refractivity contribution < 1.29 is 23.9 Å². The third-order valence-electron chi connectivity index (χ3n) is 6.94. The van der Waals surface area contributed by atoms with Crippen LogP contribution in [0.1, 0.15) is 40.4 Å². The van der Waals surface area contributed by atoms with E-state index < -0.39 is 11.8 Å². The lowest BCUT2D eigenvalue weighted by atomic mass is 10.1. The summed E-state index contributed by atoms with van der Waals surface area (Å²) in [5.41, 5.74) is 4.38. The summed E-state index contributed by atoms with van der Waals surface area (Å²) >= 11 is 1.42. The number of benzene rings is 4. The first-order chi connectivity index (χ1) is 21.7. The summed E-state index contributed by atoms with van der Waals surface area (Å²) in [6.07, 6.45) is 2.15. The number of ether oxygens (including phenoxy) is 2. The summed E-state index contributed by atoms with van der Waals surface area (Å²) in [6.45, 7) is 5.95. The molecule has 0 radical (unpaired) electrons. The number of carbonyl (C=O) groups is 3. The average molecular weight is 624 g/mol. The molecule has 0 bridgehead atoms. The molecule has 0 saturated heterocycles. The van der Waals surface area contributed by atoms with Crippen molar-refractivity contribution in [1.29, 1.82) is 0 Å². The zero-order valence-electron chi connectivity index (χ0n) is 26.0. The van der Waals surface area contributed by atoms with Crippen LogP contribution in [0, 0.1) is 13.8 Å². The van der Waals surface area contributed by atoms with Gasteiger partial charge in [0.15, 0.2) is 0 Å². The molecule has 45 heavy (non-hydrogen) atoms. The summed E-state index contributed by atoms with van der Waals surface area (Å²) in [7, 11) is 3.07. The van der Waals surface area contributed by atoms with E-state index >= 15 is 0 Å². The van der Waals surface area contributed by atoms with Crippen LogP contribution in [0.4, 0.5) is 11.4 Å². The molecule has 0 aliphatic heterocycles. The highest BCUT2D eigenvalue weighted by Gasteiger charge is 2.20. The average Bonchev–Trinajstić information content (AvgIpc) is 3.05. The number of amides is 3. The molecule has 232 valence electrons. The fourth-order valence-corrected chi connectivity index (χ4v) is 5.56. The molecular weight excluding hydrogens is 586 g/mol. The number of hydrogen-bond acceptors (Lipinski definition) is 6. The normalized spacial score (nSPS) is 11.7. The van der Waals surface area contributed by atoms with Crippen molar-refractivity contribution in [3.8, 4) is 11.5 Å². The van der Waals surface area contributed by atoms with Gasteiger partial charge in [0, 0.05) is 27.4 Å². The van der Waals surface area contributed by atoms with E-state index in [1.54, 1.807) is 67.8 Å². The SMILES string of the molecule is CCC(Sc1cccc(NC(=O)/C(=C\c2cc(OC)ccc2OC)NC(=O)c2ccccc2)c1)C(=O)Nc1ccc(C)cc1C. The molecule has 0 heterocycles. The molecule has 0 fully saturated rings. The maximum absolute atomic E-state index is 13.7. The number of aryl methyl sites for hydroxylation is 2. The molecule has 4 aromatic carbocycles. The lowest BCUT2D eigenvalue weighted by Gasteiger charge is -2.17. The fourth-order valence-electron chi connectivity index (χ4n) is 4.55. The Balaban J connectivity index is 1.56. The van der Waals surface area contributed by atoms with Gasteiger partial charge in [-0.3, -0.25) is 14.4 Å². The maximum Gasteiger partial charge on any atom is 0.272 e. The highest BCUT2D eigenvalue weighted by Crippen LogP contribution is 2.30.